The van der Waals surface area contributed by atoms with Gasteiger partial charge in [0.1, 0.15) is 0 Å². The van der Waals surface area contributed by atoms with Crippen molar-refractivity contribution in [3.05, 3.63) is 102 Å². The average molecular weight is 386 g/mol. The zero-order chi connectivity index (χ0) is 19.9. The van der Waals surface area contributed by atoms with E-state index in [1.807, 2.05) is 36.4 Å². The van der Waals surface area contributed by atoms with Crippen LogP contribution in [0.4, 0.5) is 0 Å². The van der Waals surface area contributed by atoms with E-state index in [0.717, 1.165) is 43.6 Å². The molecule has 1 aliphatic heterocycles. The van der Waals surface area contributed by atoms with Gasteiger partial charge in [0.05, 0.1) is 12.0 Å². The Kier molecular flexibility index (Phi) is 6.32. The van der Waals surface area contributed by atoms with E-state index in [2.05, 4.69) is 51.6 Å². The summed E-state index contributed by atoms with van der Waals surface area (Å²) in [6.07, 6.45) is 5.55. The first-order chi connectivity index (χ1) is 14.3. The number of piperidine rings is 1. The fraction of sp³-hybridized carbons (Fsp3) is 0.280. The molecule has 1 saturated heterocycles. The highest BCUT2D eigenvalue weighted by Crippen LogP contribution is 2.24. The number of nitrogens with one attached hydrogen (secondary N) is 1. The first kappa shape index (κ1) is 19.3. The number of benzene rings is 2. The molecule has 1 N–H and O–H groups in total. The van der Waals surface area contributed by atoms with Crippen LogP contribution in [0.5, 0.6) is 0 Å². The van der Waals surface area contributed by atoms with Gasteiger partial charge in [0.25, 0.3) is 0 Å². The van der Waals surface area contributed by atoms with Gasteiger partial charge >= 0.3 is 0 Å². The van der Waals surface area contributed by atoms with Crippen molar-refractivity contribution in [1.82, 2.24) is 15.2 Å². The van der Waals surface area contributed by atoms with Crippen molar-refractivity contribution in [2.24, 2.45) is 5.92 Å². The Morgan fingerprint density at radius 2 is 1.62 bits per heavy atom. The SMILES string of the molecule is O=C(NC(c1ccccc1)c1ccncc1)C1CCCN(Cc2ccccc2)C1. The zero-order valence-electron chi connectivity index (χ0n) is 16.6. The van der Waals surface area contributed by atoms with Gasteiger partial charge in [-0.2, -0.15) is 0 Å². The molecule has 4 heteroatoms. The smallest absolute Gasteiger partial charge is 0.225 e. The van der Waals surface area contributed by atoms with Crippen molar-refractivity contribution in [1.29, 1.82) is 0 Å². The van der Waals surface area contributed by atoms with Crippen molar-refractivity contribution in [3.63, 3.8) is 0 Å². The molecule has 29 heavy (non-hydrogen) atoms. The van der Waals surface area contributed by atoms with E-state index in [1.165, 1.54) is 5.56 Å². The molecular weight excluding hydrogens is 358 g/mol. The highest BCUT2D eigenvalue weighted by Gasteiger charge is 2.28. The van der Waals surface area contributed by atoms with E-state index in [0.29, 0.717) is 0 Å². The summed E-state index contributed by atoms with van der Waals surface area (Å²) in [5.41, 5.74) is 3.44. The predicted octanol–water partition coefficient (Wildman–Crippen LogP) is 4.20. The van der Waals surface area contributed by atoms with Gasteiger partial charge in [0, 0.05) is 25.5 Å². The average Bonchev–Trinajstić information content (AvgIpc) is 2.79. The van der Waals surface area contributed by atoms with Gasteiger partial charge in [-0.05, 0) is 48.2 Å². The third-order valence-corrected chi connectivity index (χ3v) is 5.58. The van der Waals surface area contributed by atoms with Crippen molar-refractivity contribution in [2.75, 3.05) is 13.1 Å². The van der Waals surface area contributed by atoms with Crippen molar-refractivity contribution < 1.29 is 4.79 Å². The minimum Gasteiger partial charge on any atom is -0.345 e. The summed E-state index contributed by atoms with van der Waals surface area (Å²) in [5, 5.41) is 3.31. The molecule has 0 bridgehead atoms. The third-order valence-electron chi connectivity index (χ3n) is 5.58. The summed E-state index contributed by atoms with van der Waals surface area (Å²) in [5.74, 6) is 0.147. The second kappa shape index (κ2) is 9.48. The number of likely N-dealkylation sites (tertiary alicyclic amines) is 1. The number of rotatable bonds is 6. The molecule has 1 amide bonds. The minimum atomic E-state index is -0.156. The number of hydrogen-bond acceptors (Lipinski definition) is 3. The van der Waals surface area contributed by atoms with Crippen molar-refractivity contribution >= 4 is 5.91 Å². The van der Waals surface area contributed by atoms with Gasteiger partial charge in [-0.1, -0.05) is 60.7 Å². The maximum atomic E-state index is 13.2. The Morgan fingerprint density at radius 1 is 0.966 bits per heavy atom. The van der Waals surface area contributed by atoms with Crippen molar-refractivity contribution in [3.8, 4) is 0 Å². The molecular formula is C25H27N3O. The van der Waals surface area contributed by atoms with Gasteiger partial charge in [-0.15, -0.1) is 0 Å². The summed E-state index contributed by atoms with van der Waals surface area (Å²) in [6, 6.07) is 24.4. The molecule has 1 aromatic heterocycles. The maximum absolute atomic E-state index is 13.2. The fourth-order valence-corrected chi connectivity index (χ4v) is 4.08. The number of amides is 1. The van der Waals surface area contributed by atoms with Crippen LogP contribution in [0.1, 0.15) is 35.6 Å². The lowest BCUT2D eigenvalue weighted by Gasteiger charge is -2.33. The molecule has 2 heterocycles. The Balaban J connectivity index is 1.46. The van der Waals surface area contributed by atoms with Crippen LogP contribution in [-0.2, 0) is 11.3 Å². The Hall–Kier alpha value is -2.98. The van der Waals surface area contributed by atoms with Crippen LogP contribution in [0.3, 0.4) is 0 Å². The van der Waals surface area contributed by atoms with E-state index in [-0.39, 0.29) is 17.9 Å². The van der Waals surface area contributed by atoms with Crippen LogP contribution in [0, 0.1) is 5.92 Å². The zero-order valence-corrected chi connectivity index (χ0v) is 16.6. The number of pyridine rings is 1. The van der Waals surface area contributed by atoms with E-state index in [9.17, 15) is 4.79 Å². The first-order valence-corrected chi connectivity index (χ1v) is 10.3. The summed E-state index contributed by atoms with van der Waals surface area (Å²) in [6.45, 7) is 2.75. The summed E-state index contributed by atoms with van der Waals surface area (Å²) >= 11 is 0. The van der Waals surface area contributed by atoms with Crippen LogP contribution >= 0.6 is 0 Å². The van der Waals surface area contributed by atoms with E-state index in [1.54, 1.807) is 12.4 Å². The van der Waals surface area contributed by atoms with Crippen LogP contribution in [0.2, 0.25) is 0 Å². The number of carbonyl (C=O) groups excluding carboxylic acids is 1. The number of hydrogen-bond donors (Lipinski definition) is 1. The molecule has 3 aromatic rings. The monoisotopic (exact) mass is 385 g/mol. The summed E-state index contributed by atoms with van der Waals surface area (Å²) in [7, 11) is 0. The summed E-state index contributed by atoms with van der Waals surface area (Å²) < 4.78 is 0. The number of aromatic nitrogens is 1. The highest BCUT2D eigenvalue weighted by molar-refractivity contribution is 5.80. The molecule has 0 aliphatic carbocycles. The molecule has 2 aromatic carbocycles. The van der Waals surface area contributed by atoms with Crippen LogP contribution in [0.15, 0.2) is 85.2 Å². The molecule has 1 fully saturated rings. The highest BCUT2D eigenvalue weighted by atomic mass is 16.2. The van der Waals surface area contributed by atoms with Gasteiger partial charge in [-0.3, -0.25) is 14.7 Å². The Morgan fingerprint density at radius 3 is 2.34 bits per heavy atom. The third kappa shape index (κ3) is 5.09. The van der Waals surface area contributed by atoms with Crippen LogP contribution in [0.25, 0.3) is 0 Å². The number of carbonyl (C=O) groups is 1. The molecule has 4 nitrogen and oxygen atoms in total. The second-order valence-electron chi connectivity index (χ2n) is 7.69. The normalized spacial score (nSPS) is 18.1. The molecule has 1 aliphatic rings. The van der Waals surface area contributed by atoms with E-state index >= 15 is 0 Å². The van der Waals surface area contributed by atoms with Gasteiger partial charge in [0.15, 0.2) is 0 Å². The largest absolute Gasteiger partial charge is 0.345 e. The van der Waals surface area contributed by atoms with E-state index < -0.39 is 0 Å². The molecule has 4 rings (SSSR count). The minimum absolute atomic E-state index is 0.0144. The van der Waals surface area contributed by atoms with Gasteiger partial charge in [0.2, 0.25) is 5.91 Å². The lowest BCUT2D eigenvalue weighted by atomic mass is 9.94. The topological polar surface area (TPSA) is 45.2 Å². The van der Waals surface area contributed by atoms with Crippen molar-refractivity contribution in [2.45, 2.75) is 25.4 Å². The summed E-state index contributed by atoms with van der Waals surface area (Å²) in [4.78, 5) is 19.7. The molecule has 2 unspecified atom stereocenters. The van der Waals surface area contributed by atoms with Gasteiger partial charge in [-0.25, -0.2) is 0 Å². The molecule has 148 valence electrons. The standard InChI is InChI=1S/C25H27N3O/c29-25(23-12-7-17-28(19-23)18-20-8-3-1-4-9-20)27-24(21-10-5-2-6-11-21)22-13-15-26-16-14-22/h1-6,8-11,13-16,23-24H,7,12,17-19H2,(H,27,29). The van der Waals surface area contributed by atoms with Crippen LogP contribution < -0.4 is 5.32 Å². The Bertz CT molecular complexity index is 860. The Labute approximate surface area is 172 Å². The fourth-order valence-electron chi connectivity index (χ4n) is 4.08. The second-order valence-corrected chi connectivity index (χ2v) is 7.69. The molecule has 0 radical (unpaired) electrons. The lowest BCUT2D eigenvalue weighted by molar-refractivity contribution is -0.127. The maximum Gasteiger partial charge on any atom is 0.225 e. The van der Waals surface area contributed by atoms with Gasteiger partial charge < -0.3 is 5.32 Å². The molecule has 0 saturated carbocycles. The lowest BCUT2D eigenvalue weighted by Crippen LogP contribution is -2.43. The number of nitrogens with zero attached hydrogens (tertiary/aromatic N) is 2. The van der Waals surface area contributed by atoms with Crippen LogP contribution in [-0.4, -0.2) is 28.9 Å². The first-order valence-electron chi connectivity index (χ1n) is 10.3. The molecule has 0 spiro atoms. The predicted molar refractivity (Wildman–Crippen MR) is 115 cm³/mol. The van der Waals surface area contributed by atoms with E-state index in [4.69, 9.17) is 0 Å². The quantitative estimate of drug-likeness (QED) is 0.692. The molecule has 2 atom stereocenters.